The molecule has 1 aliphatic heterocycles. The average Bonchev–Trinajstić information content (AvgIpc) is 3.10. The van der Waals surface area contributed by atoms with Gasteiger partial charge in [0.15, 0.2) is 0 Å². The van der Waals surface area contributed by atoms with E-state index in [1.807, 2.05) is 13.0 Å². The van der Waals surface area contributed by atoms with Crippen molar-refractivity contribution in [1.82, 2.24) is 15.2 Å². The van der Waals surface area contributed by atoms with E-state index in [1.165, 1.54) is 0 Å². The van der Waals surface area contributed by atoms with Gasteiger partial charge in [0.2, 0.25) is 0 Å². The molecule has 0 aromatic carbocycles. The Labute approximate surface area is 122 Å². The molecular formula is C14H14ClN5. The largest absolute Gasteiger partial charge is 0.347 e. The van der Waals surface area contributed by atoms with Crippen LogP contribution in [-0.4, -0.2) is 21.7 Å². The summed E-state index contributed by atoms with van der Waals surface area (Å²) in [6, 6.07) is 4.40. The second-order valence-electron chi connectivity index (χ2n) is 4.90. The maximum Gasteiger partial charge on any atom is 0.147 e. The molecule has 5 nitrogen and oxygen atoms in total. The molecule has 0 spiro atoms. The molecule has 0 radical (unpaired) electrons. The predicted octanol–water partition coefficient (Wildman–Crippen LogP) is 2.98. The third kappa shape index (κ3) is 2.02. The maximum absolute atomic E-state index is 9.41. The monoisotopic (exact) mass is 287 g/mol. The number of aromatic nitrogens is 3. The van der Waals surface area contributed by atoms with Crippen LogP contribution in [0.25, 0.3) is 0 Å². The lowest BCUT2D eigenvalue weighted by molar-refractivity contribution is 0.683. The molecule has 102 valence electrons. The summed E-state index contributed by atoms with van der Waals surface area (Å²) in [6.07, 6.45) is 5.46. The predicted molar refractivity (Wildman–Crippen MR) is 76.6 cm³/mol. The third-order valence-corrected chi connectivity index (χ3v) is 4.16. The smallest absolute Gasteiger partial charge is 0.147 e. The molecule has 3 heterocycles. The van der Waals surface area contributed by atoms with Crippen LogP contribution in [0, 0.1) is 18.3 Å². The summed E-state index contributed by atoms with van der Waals surface area (Å²) in [4.78, 5) is 6.55. The van der Waals surface area contributed by atoms with Crippen LogP contribution in [0.5, 0.6) is 0 Å². The lowest BCUT2D eigenvalue weighted by atomic mass is 10.1. The summed E-state index contributed by atoms with van der Waals surface area (Å²) < 4.78 is 0. The minimum atomic E-state index is 0.192. The molecule has 3 rings (SSSR count). The highest BCUT2D eigenvalue weighted by Gasteiger charge is 2.30. The van der Waals surface area contributed by atoms with Gasteiger partial charge < -0.3 is 4.90 Å². The van der Waals surface area contributed by atoms with Gasteiger partial charge in [-0.25, -0.2) is 4.98 Å². The summed E-state index contributed by atoms with van der Waals surface area (Å²) in [6.45, 7) is 2.74. The van der Waals surface area contributed by atoms with Crippen molar-refractivity contribution in [2.24, 2.45) is 0 Å². The Morgan fingerprint density at radius 1 is 1.55 bits per heavy atom. The van der Waals surface area contributed by atoms with Gasteiger partial charge >= 0.3 is 0 Å². The fraction of sp³-hybridized carbons (Fsp3) is 0.357. The number of nitriles is 1. The van der Waals surface area contributed by atoms with Gasteiger partial charge in [-0.3, -0.25) is 5.10 Å². The van der Waals surface area contributed by atoms with Crippen molar-refractivity contribution in [3.63, 3.8) is 0 Å². The summed E-state index contributed by atoms with van der Waals surface area (Å²) in [5.74, 6) is 0.714. The molecule has 1 aliphatic rings. The van der Waals surface area contributed by atoms with E-state index in [-0.39, 0.29) is 6.04 Å². The zero-order valence-corrected chi connectivity index (χ0v) is 11.9. The van der Waals surface area contributed by atoms with E-state index in [4.69, 9.17) is 11.6 Å². The van der Waals surface area contributed by atoms with Crippen LogP contribution in [-0.2, 0) is 0 Å². The molecule has 20 heavy (non-hydrogen) atoms. The van der Waals surface area contributed by atoms with Gasteiger partial charge in [0.1, 0.15) is 11.9 Å². The van der Waals surface area contributed by atoms with Crippen LogP contribution in [0.2, 0.25) is 5.02 Å². The van der Waals surface area contributed by atoms with Crippen LogP contribution in [0.1, 0.15) is 35.7 Å². The van der Waals surface area contributed by atoms with Crippen molar-refractivity contribution in [3.05, 3.63) is 40.3 Å². The highest BCUT2D eigenvalue weighted by Crippen LogP contribution is 2.37. The van der Waals surface area contributed by atoms with E-state index in [0.29, 0.717) is 16.4 Å². The molecule has 0 amide bonds. The Morgan fingerprint density at radius 3 is 3.10 bits per heavy atom. The second-order valence-corrected chi connectivity index (χ2v) is 5.31. The van der Waals surface area contributed by atoms with Crippen LogP contribution in [0.4, 0.5) is 5.82 Å². The molecule has 1 N–H and O–H groups in total. The standard InChI is InChI=1S/C14H14ClN5/c1-9-10(7-16)14(17-8-11(9)15)20-6-2-3-13(20)12-4-5-18-19-12/h4-5,8,13H,2-3,6H2,1H3,(H,18,19). The zero-order valence-electron chi connectivity index (χ0n) is 11.1. The molecule has 1 saturated heterocycles. The van der Waals surface area contributed by atoms with Gasteiger partial charge in [0.25, 0.3) is 0 Å². The number of nitrogens with zero attached hydrogens (tertiary/aromatic N) is 4. The van der Waals surface area contributed by atoms with Crippen LogP contribution >= 0.6 is 11.6 Å². The SMILES string of the molecule is Cc1c(Cl)cnc(N2CCCC2c2ccn[nH]2)c1C#N. The quantitative estimate of drug-likeness (QED) is 0.922. The first kappa shape index (κ1) is 12.9. The van der Waals surface area contributed by atoms with Crippen molar-refractivity contribution in [2.45, 2.75) is 25.8 Å². The molecule has 6 heteroatoms. The Balaban J connectivity index is 2.05. The van der Waals surface area contributed by atoms with Gasteiger partial charge in [-0.2, -0.15) is 10.4 Å². The Bertz CT molecular complexity index is 659. The molecule has 2 aromatic heterocycles. The number of hydrogen-bond acceptors (Lipinski definition) is 4. The number of nitrogens with one attached hydrogen (secondary N) is 1. The number of pyridine rings is 1. The van der Waals surface area contributed by atoms with Gasteiger partial charge in [-0.1, -0.05) is 11.6 Å². The summed E-state index contributed by atoms with van der Waals surface area (Å²) in [7, 11) is 0. The van der Waals surface area contributed by atoms with E-state index < -0.39 is 0 Å². The average molecular weight is 288 g/mol. The number of hydrogen-bond donors (Lipinski definition) is 1. The van der Waals surface area contributed by atoms with E-state index in [2.05, 4.69) is 26.2 Å². The van der Waals surface area contributed by atoms with Gasteiger partial charge in [-0.05, 0) is 31.4 Å². The van der Waals surface area contributed by atoms with Crippen molar-refractivity contribution >= 4 is 17.4 Å². The van der Waals surface area contributed by atoms with E-state index in [9.17, 15) is 5.26 Å². The highest BCUT2D eigenvalue weighted by molar-refractivity contribution is 6.31. The first-order valence-electron chi connectivity index (χ1n) is 6.53. The van der Waals surface area contributed by atoms with Crippen molar-refractivity contribution in [2.75, 3.05) is 11.4 Å². The summed E-state index contributed by atoms with van der Waals surface area (Å²) in [5, 5.41) is 17.0. The van der Waals surface area contributed by atoms with Gasteiger partial charge in [0.05, 0.1) is 22.3 Å². The topological polar surface area (TPSA) is 68.6 Å². The molecule has 1 unspecified atom stereocenters. The normalized spacial score (nSPS) is 18.2. The highest BCUT2D eigenvalue weighted by atomic mass is 35.5. The lowest BCUT2D eigenvalue weighted by Crippen LogP contribution is -2.25. The first-order valence-corrected chi connectivity index (χ1v) is 6.91. The maximum atomic E-state index is 9.41. The lowest BCUT2D eigenvalue weighted by Gasteiger charge is -2.26. The van der Waals surface area contributed by atoms with Gasteiger partial charge in [-0.15, -0.1) is 0 Å². The van der Waals surface area contributed by atoms with E-state index in [1.54, 1.807) is 12.4 Å². The number of aromatic amines is 1. The van der Waals surface area contributed by atoms with Crippen LogP contribution < -0.4 is 4.90 Å². The fourth-order valence-electron chi connectivity index (χ4n) is 2.71. The van der Waals surface area contributed by atoms with Crippen molar-refractivity contribution in [1.29, 1.82) is 5.26 Å². The van der Waals surface area contributed by atoms with E-state index in [0.717, 1.165) is 30.6 Å². The summed E-state index contributed by atoms with van der Waals surface area (Å²) >= 11 is 6.06. The van der Waals surface area contributed by atoms with Gasteiger partial charge in [0, 0.05) is 18.9 Å². The zero-order chi connectivity index (χ0) is 14.1. The Morgan fingerprint density at radius 2 is 2.40 bits per heavy atom. The van der Waals surface area contributed by atoms with Crippen LogP contribution in [0.15, 0.2) is 18.5 Å². The molecular weight excluding hydrogens is 274 g/mol. The number of H-pyrrole nitrogens is 1. The number of halogens is 1. The molecule has 1 fully saturated rings. The molecule has 0 saturated carbocycles. The number of rotatable bonds is 2. The fourth-order valence-corrected chi connectivity index (χ4v) is 2.86. The molecule has 2 aromatic rings. The molecule has 0 bridgehead atoms. The minimum Gasteiger partial charge on any atom is -0.347 e. The third-order valence-electron chi connectivity index (χ3n) is 3.77. The minimum absolute atomic E-state index is 0.192. The first-order chi connectivity index (χ1) is 9.72. The van der Waals surface area contributed by atoms with Crippen molar-refractivity contribution in [3.8, 4) is 6.07 Å². The van der Waals surface area contributed by atoms with Crippen molar-refractivity contribution < 1.29 is 0 Å². The summed E-state index contributed by atoms with van der Waals surface area (Å²) in [5.41, 5.74) is 2.40. The Hall–Kier alpha value is -2.06. The van der Waals surface area contributed by atoms with Crippen LogP contribution in [0.3, 0.4) is 0 Å². The number of anilines is 1. The molecule has 1 atom stereocenters. The second kappa shape index (κ2) is 5.14. The van der Waals surface area contributed by atoms with E-state index >= 15 is 0 Å². The Kier molecular flexibility index (Phi) is 3.33. The molecule has 0 aliphatic carbocycles.